The number of methoxy groups -OCH3 is 1. The molecule has 1 saturated carbocycles. The van der Waals surface area contributed by atoms with E-state index in [1.165, 1.54) is 7.11 Å². The molecule has 0 aromatic heterocycles. The predicted molar refractivity (Wildman–Crippen MR) is 91.5 cm³/mol. The zero-order valence-electron chi connectivity index (χ0n) is 15.4. The normalized spacial score (nSPS) is 32.5. The summed E-state index contributed by atoms with van der Waals surface area (Å²) in [6, 6.07) is 0. The number of rotatable bonds is 11. The molecule has 2 aliphatic rings. The van der Waals surface area contributed by atoms with Gasteiger partial charge in [-0.15, -0.1) is 0 Å². The molecular weight excluding hydrogens is 344 g/mol. The Hall–Kier alpha value is -0.610. The maximum absolute atomic E-state index is 11.1. The highest BCUT2D eigenvalue weighted by molar-refractivity contribution is 5.50. The number of aliphatic hydroxyl groups is 3. The van der Waals surface area contributed by atoms with E-state index in [0.717, 1.165) is 19.1 Å². The molecule has 2 rings (SSSR count). The lowest BCUT2D eigenvalue weighted by atomic mass is 9.90. The molecule has 0 aromatic carbocycles. The third-order valence-electron chi connectivity index (χ3n) is 5.29. The van der Waals surface area contributed by atoms with E-state index in [1.54, 1.807) is 0 Å². The molecular formula is C18H32O8. The monoisotopic (exact) mass is 376 g/mol. The lowest BCUT2D eigenvalue weighted by molar-refractivity contribution is -0.199. The first kappa shape index (κ1) is 21.7. The molecule has 3 N–H and O–H groups in total. The van der Waals surface area contributed by atoms with Crippen LogP contribution in [-0.2, 0) is 23.7 Å². The molecule has 8 nitrogen and oxygen atoms in total. The maximum Gasteiger partial charge on any atom is 0.162 e. The van der Waals surface area contributed by atoms with Gasteiger partial charge in [0.1, 0.15) is 6.29 Å². The summed E-state index contributed by atoms with van der Waals surface area (Å²) in [7, 11) is 1.52. The number of ether oxygens (including phenoxy) is 4. The highest BCUT2D eigenvalue weighted by Crippen LogP contribution is 2.41. The van der Waals surface area contributed by atoms with E-state index < -0.39 is 18.5 Å². The van der Waals surface area contributed by atoms with Crippen molar-refractivity contribution in [3.05, 3.63) is 0 Å². The first-order chi connectivity index (χ1) is 12.6. The van der Waals surface area contributed by atoms with Crippen molar-refractivity contribution in [2.24, 2.45) is 11.8 Å². The van der Waals surface area contributed by atoms with Gasteiger partial charge in [0.25, 0.3) is 0 Å². The maximum atomic E-state index is 11.1. The Morgan fingerprint density at radius 2 is 2.04 bits per heavy atom. The SMILES string of the molecule is COC(OCCC(O)CO)[C@H]1[C@H](CC=O)[C@H](O)C[C@@H]1OC1CCOCC1. The molecule has 0 spiro atoms. The van der Waals surface area contributed by atoms with Crippen molar-refractivity contribution < 1.29 is 39.1 Å². The quantitative estimate of drug-likeness (QED) is 0.337. The fraction of sp³-hybridized carbons (Fsp3) is 0.944. The fourth-order valence-electron chi connectivity index (χ4n) is 3.86. The van der Waals surface area contributed by atoms with Gasteiger partial charge in [-0.05, 0) is 19.3 Å². The molecule has 0 radical (unpaired) electrons. The van der Waals surface area contributed by atoms with Crippen LogP contribution in [0.1, 0.15) is 32.1 Å². The van der Waals surface area contributed by atoms with Crippen molar-refractivity contribution in [1.29, 1.82) is 0 Å². The van der Waals surface area contributed by atoms with Crippen LogP contribution in [0.3, 0.4) is 0 Å². The van der Waals surface area contributed by atoms with Crippen molar-refractivity contribution in [1.82, 2.24) is 0 Å². The molecule has 2 unspecified atom stereocenters. The standard InChI is InChI=1S/C18H32O8/c1-23-18(25-9-3-12(21)11-20)17-14(2-6-19)15(22)10-16(17)26-13-4-7-24-8-5-13/h6,12-18,20-22H,2-5,7-11H2,1H3/t12?,14-,15-,16+,17+,18?/m1/s1. The minimum atomic E-state index is -0.846. The first-order valence-corrected chi connectivity index (χ1v) is 9.38. The topological polar surface area (TPSA) is 115 Å². The van der Waals surface area contributed by atoms with Gasteiger partial charge in [-0.2, -0.15) is 0 Å². The van der Waals surface area contributed by atoms with Gasteiger partial charge in [0, 0.05) is 45.0 Å². The molecule has 0 bridgehead atoms. The molecule has 0 amide bonds. The average Bonchev–Trinajstić information content (AvgIpc) is 2.95. The summed E-state index contributed by atoms with van der Waals surface area (Å²) in [5, 5.41) is 28.8. The lowest BCUT2D eigenvalue weighted by Crippen LogP contribution is -2.40. The molecule has 1 aliphatic carbocycles. The minimum Gasteiger partial charge on any atom is -0.394 e. The third-order valence-corrected chi connectivity index (χ3v) is 5.29. The van der Waals surface area contributed by atoms with Gasteiger partial charge in [-0.25, -0.2) is 0 Å². The Morgan fingerprint density at radius 3 is 2.65 bits per heavy atom. The number of carbonyl (C=O) groups is 1. The number of aldehydes is 1. The Labute approximate surface area is 154 Å². The summed E-state index contributed by atoms with van der Waals surface area (Å²) in [4.78, 5) is 11.1. The van der Waals surface area contributed by atoms with Gasteiger partial charge in [-0.3, -0.25) is 0 Å². The van der Waals surface area contributed by atoms with E-state index in [1.807, 2.05) is 0 Å². The lowest BCUT2D eigenvalue weighted by Gasteiger charge is -2.34. The molecule has 1 heterocycles. The highest BCUT2D eigenvalue weighted by Gasteiger charge is 2.48. The fourth-order valence-corrected chi connectivity index (χ4v) is 3.86. The van der Waals surface area contributed by atoms with Gasteiger partial charge in [-0.1, -0.05) is 0 Å². The van der Waals surface area contributed by atoms with Crippen molar-refractivity contribution in [3.8, 4) is 0 Å². The van der Waals surface area contributed by atoms with Crippen LogP contribution in [0, 0.1) is 11.8 Å². The van der Waals surface area contributed by atoms with Crippen molar-refractivity contribution in [3.63, 3.8) is 0 Å². The molecule has 8 heteroatoms. The first-order valence-electron chi connectivity index (χ1n) is 9.38. The second-order valence-electron chi connectivity index (χ2n) is 7.03. The third kappa shape index (κ3) is 5.95. The van der Waals surface area contributed by atoms with E-state index in [0.29, 0.717) is 19.6 Å². The van der Waals surface area contributed by atoms with E-state index >= 15 is 0 Å². The van der Waals surface area contributed by atoms with Gasteiger partial charge in [0.2, 0.25) is 0 Å². The summed E-state index contributed by atoms with van der Waals surface area (Å²) in [5.41, 5.74) is 0. The van der Waals surface area contributed by atoms with Crippen LogP contribution in [0.4, 0.5) is 0 Å². The van der Waals surface area contributed by atoms with Gasteiger partial charge >= 0.3 is 0 Å². The zero-order chi connectivity index (χ0) is 18.9. The zero-order valence-corrected chi connectivity index (χ0v) is 15.4. The highest BCUT2D eigenvalue weighted by atomic mass is 16.7. The Morgan fingerprint density at radius 1 is 1.31 bits per heavy atom. The second kappa shape index (κ2) is 11.3. The van der Waals surface area contributed by atoms with Crippen molar-refractivity contribution >= 4 is 6.29 Å². The number of aliphatic hydroxyl groups excluding tert-OH is 3. The van der Waals surface area contributed by atoms with Crippen LogP contribution in [0.25, 0.3) is 0 Å². The molecule has 0 aromatic rings. The number of hydrogen-bond acceptors (Lipinski definition) is 8. The Bertz CT molecular complexity index is 401. The van der Waals surface area contributed by atoms with E-state index in [4.69, 9.17) is 24.1 Å². The van der Waals surface area contributed by atoms with Gasteiger partial charge < -0.3 is 39.1 Å². The minimum absolute atomic E-state index is 0.0622. The summed E-state index contributed by atoms with van der Waals surface area (Å²) in [6.07, 6.45) is 0.963. The van der Waals surface area contributed by atoms with Crippen LogP contribution in [-0.4, -0.2) is 85.8 Å². The number of carbonyl (C=O) groups excluding carboxylic acids is 1. The van der Waals surface area contributed by atoms with Crippen LogP contribution in [0.2, 0.25) is 0 Å². The van der Waals surface area contributed by atoms with Crippen LogP contribution in [0.5, 0.6) is 0 Å². The molecule has 1 saturated heterocycles. The van der Waals surface area contributed by atoms with Gasteiger partial charge in [0.15, 0.2) is 6.29 Å². The molecule has 152 valence electrons. The summed E-state index contributed by atoms with van der Waals surface area (Å²) in [6.45, 7) is 1.19. The predicted octanol–water partition coefficient (Wildman–Crippen LogP) is -0.131. The van der Waals surface area contributed by atoms with Gasteiger partial charge in [0.05, 0.1) is 37.6 Å². The van der Waals surface area contributed by atoms with Crippen molar-refractivity contribution in [2.45, 2.75) is 62.8 Å². The molecule has 6 atom stereocenters. The smallest absolute Gasteiger partial charge is 0.162 e. The average molecular weight is 376 g/mol. The van der Waals surface area contributed by atoms with E-state index in [2.05, 4.69) is 0 Å². The number of hydrogen-bond donors (Lipinski definition) is 3. The van der Waals surface area contributed by atoms with E-state index in [9.17, 15) is 15.0 Å². The van der Waals surface area contributed by atoms with Crippen LogP contribution >= 0.6 is 0 Å². The summed E-state index contributed by atoms with van der Waals surface area (Å²) in [5.74, 6) is -0.584. The summed E-state index contributed by atoms with van der Waals surface area (Å²) >= 11 is 0. The summed E-state index contributed by atoms with van der Waals surface area (Å²) < 4.78 is 22.9. The molecule has 26 heavy (non-hydrogen) atoms. The molecule has 1 aliphatic heterocycles. The molecule has 2 fully saturated rings. The van der Waals surface area contributed by atoms with Crippen LogP contribution in [0.15, 0.2) is 0 Å². The Kier molecular flexibility index (Phi) is 9.41. The Balaban J connectivity index is 2.02. The second-order valence-corrected chi connectivity index (χ2v) is 7.03. The largest absolute Gasteiger partial charge is 0.394 e. The van der Waals surface area contributed by atoms with Crippen LogP contribution < -0.4 is 0 Å². The van der Waals surface area contributed by atoms with Crippen molar-refractivity contribution in [2.75, 3.05) is 33.5 Å². The van der Waals surface area contributed by atoms with E-state index in [-0.39, 0.29) is 50.1 Å².